The lowest BCUT2D eigenvalue weighted by Crippen LogP contribution is -2.03. The summed E-state index contributed by atoms with van der Waals surface area (Å²) in [6.45, 7) is 0. The van der Waals surface area contributed by atoms with E-state index in [-0.39, 0.29) is 34.1 Å². The van der Waals surface area contributed by atoms with Crippen LogP contribution in [0, 0.1) is 22.7 Å². The first-order valence-electron chi connectivity index (χ1n) is 8.01. The molecule has 0 atom stereocenters. The summed E-state index contributed by atoms with van der Waals surface area (Å²) in [5.41, 5.74) is -0.0569. The van der Waals surface area contributed by atoms with Crippen molar-refractivity contribution in [2.75, 3.05) is 14.2 Å². The molecule has 138 valence electrons. The van der Waals surface area contributed by atoms with E-state index in [0.29, 0.717) is 11.5 Å². The van der Waals surface area contributed by atoms with Crippen LogP contribution in [0.2, 0.25) is 0 Å². The molecule has 2 aromatic heterocycles. The molecule has 0 aliphatic heterocycles. The van der Waals surface area contributed by atoms with Gasteiger partial charge in [0.2, 0.25) is 11.5 Å². The maximum absolute atomic E-state index is 9.60. The van der Waals surface area contributed by atoms with E-state index in [1.165, 1.54) is 26.6 Å². The maximum atomic E-state index is 9.60. The van der Waals surface area contributed by atoms with Crippen LogP contribution in [0.25, 0.3) is 0 Å². The van der Waals surface area contributed by atoms with Gasteiger partial charge in [-0.2, -0.15) is 10.5 Å². The predicted molar refractivity (Wildman–Crippen MR) is 97.6 cm³/mol. The molecule has 8 nitrogen and oxygen atoms in total. The zero-order valence-electron chi connectivity index (χ0n) is 15.0. The highest BCUT2D eigenvalue weighted by Crippen LogP contribution is 2.52. The number of rotatable bonds is 6. The molecule has 0 saturated heterocycles. The first kappa shape index (κ1) is 18.5. The molecular formula is C20H14N4O4. The van der Waals surface area contributed by atoms with Crippen LogP contribution in [0.5, 0.6) is 34.5 Å². The zero-order chi connectivity index (χ0) is 19.9. The molecule has 0 bridgehead atoms. The first-order valence-corrected chi connectivity index (χ1v) is 8.01. The minimum absolute atomic E-state index is 0.0284. The second-order valence-corrected chi connectivity index (χ2v) is 5.28. The van der Waals surface area contributed by atoms with Crippen LogP contribution in [0.3, 0.4) is 0 Å². The van der Waals surface area contributed by atoms with Gasteiger partial charge in [0.15, 0.2) is 11.5 Å². The minimum atomic E-state index is -0.0284. The van der Waals surface area contributed by atoms with E-state index in [2.05, 4.69) is 9.97 Å². The first-order chi connectivity index (χ1) is 13.7. The SMILES string of the molecule is COc1c(C#N)c(C#N)c(OC)c(Oc2cccnc2)c1Oc1cccnc1. The normalized spacial score (nSPS) is 9.71. The predicted octanol–water partition coefficient (Wildman–Crippen LogP) is 3.82. The number of benzene rings is 1. The summed E-state index contributed by atoms with van der Waals surface area (Å²) in [6.07, 6.45) is 6.17. The molecule has 0 unspecified atom stereocenters. The van der Waals surface area contributed by atoms with Crippen LogP contribution in [0.4, 0.5) is 0 Å². The van der Waals surface area contributed by atoms with Crippen molar-refractivity contribution in [3.8, 4) is 46.6 Å². The van der Waals surface area contributed by atoms with E-state index in [1.54, 1.807) is 36.7 Å². The van der Waals surface area contributed by atoms with Crippen molar-refractivity contribution >= 4 is 0 Å². The van der Waals surface area contributed by atoms with Gasteiger partial charge in [0.05, 0.1) is 26.6 Å². The van der Waals surface area contributed by atoms with Crippen molar-refractivity contribution in [3.05, 3.63) is 60.2 Å². The van der Waals surface area contributed by atoms with Gasteiger partial charge in [-0.25, -0.2) is 0 Å². The lowest BCUT2D eigenvalue weighted by molar-refractivity contribution is 0.336. The lowest BCUT2D eigenvalue weighted by Gasteiger charge is -2.20. The van der Waals surface area contributed by atoms with Crippen LogP contribution in [0.1, 0.15) is 11.1 Å². The average Bonchev–Trinajstić information content (AvgIpc) is 2.75. The van der Waals surface area contributed by atoms with E-state index in [9.17, 15) is 10.5 Å². The highest BCUT2D eigenvalue weighted by molar-refractivity contribution is 5.74. The topological polar surface area (TPSA) is 110 Å². The second kappa shape index (κ2) is 8.39. The highest BCUT2D eigenvalue weighted by atomic mass is 16.6. The molecule has 0 aliphatic rings. The smallest absolute Gasteiger partial charge is 0.217 e. The van der Waals surface area contributed by atoms with Crippen LogP contribution in [0.15, 0.2) is 49.1 Å². The molecular weight excluding hydrogens is 360 g/mol. The van der Waals surface area contributed by atoms with Crippen LogP contribution in [-0.4, -0.2) is 24.2 Å². The Morgan fingerprint density at radius 3 is 1.43 bits per heavy atom. The van der Waals surface area contributed by atoms with E-state index < -0.39 is 0 Å². The van der Waals surface area contributed by atoms with E-state index in [0.717, 1.165) is 0 Å². The summed E-state index contributed by atoms with van der Waals surface area (Å²) < 4.78 is 22.6. The average molecular weight is 374 g/mol. The summed E-state index contributed by atoms with van der Waals surface area (Å²) in [5, 5.41) is 19.2. The largest absolute Gasteiger partial charge is 0.491 e. The molecule has 1 aromatic carbocycles. The Kier molecular flexibility index (Phi) is 5.54. The van der Waals surface area contributed by atoms with Crippen molar-refractivity contribution in [1.29, 1.82) is 10.5 Å². The quantitative estimate of drug-likeness (QED) is 0.640. The molecule has 8 heteroatoms. The summed E-state index contributed by atoms with van der Waals surface area (Å²) in [7, 11) is 2.74. The molecule has 0 N–H and O–H groups in total. The van der Waals surface area contributed by atoms with Gasteiger partial charge in [0, 0.05) is 12.4 Å². The lowest BCUT2D eigenvalue weighted by atomic mass is 10.0. The zero-order valence-corrected chi connectivity index (χ0v) is 15.0. The number of pyridine rings is 2. The van der Waals surface area contributed by atoms with Crippen molar-refractivity contribution in [1.82, 2.24) is 9.97 Å². The third-order valence-electron chi connectivity index (χ3n) is 3.66. The van der Waals surface area contributed by atoms with Gasteiger partial charge < -0.3 is 18.9 Å². The number of nitriles is 2. The maximum Gasteiger partial charge on any atom is 0.217 e. The van der Waals surface area contributed by atoms with Crippen molar-refractivity contribution < 1.29 is 18.9 Å². The number of hydrogen-bond acceptors (Lipinski definition) is 8. The summed E-state index contributed by atoms with van der Waals surface area (Å²) >= 11 is 0. The van der Waals surface area contributed by atoms with Crippen molar-refractivity contribution in [3.63, 3.8) is 0 Å². The molecule has 3 rings (SSSR count). The second-order valence-electron chi connectivity index (χ2n) is 5.28. The number of ether oxygens (including phenoxy) is 4. The molecule has 0 fully saturated rings. The van der Waals surface area contributed by atoms with Crippen molar-refractivity contribution in [2.45, 2.75) is 0 Å². The van der Waals surface area contributed by atoms with Gasteiger partial charge in [0.25, 0.3) is 0 Å². The summed E-state index contributed by atoms with van der Waals surface area (Å²) in [4.78, 5) is 8.01. The van der Waals surface area contributed by atoms with Gasteiger partial charge in [0.1, 0.15) is 34.8 Å². The van der Waals surface area contributed by atoms with Crippen LogP contribution >= 0.6 is 0 Å². The Hall–Kier alpha value is -4.30. The van der Waals surface area contributed by atoms with Crippen molar-refractivity contribution in [2.24, 2.45) is 0 Å². The fourth-order valence-electron chi connectivity index (χ4n) is 2.50. The van der Waals surface area contributed by atoms with Crippen LogP contribution < -0.4 is 18.9 Å². The van der Waals surface area contributed by atoms with E-state index in [4.69, 9.17) is 18.9 Å². The highest BCUT2D eigenvalue weighted by Gasteiger charge is 2.29. The number of aromatic nitrogens is 2. The fourth-order valence-corrected chi connectivity index (χ4v) is 2.50. The van der Waals surface area contributed by atoms with Crippen LogP contribution in [-0.2, 0) is 0 Å². The standard InChI is InChI=1S/C20H14N4O4/c1-25-17-15(9-21)16(10-22)18(26-2)20(28-14-6-4-8-24-12-14)19(17)27-13-5-3-7-23-11-13/h3-8,11-12H,1-2H3. The van der Waals surface area contributed by atoms with Gasteiger partial charge in [-0.15, -0.1) is 0 Å². The number of nitrogens with zero attached hydrogens (tertiary/aromatic N) is 4. The minimum Gasteiger partial charge on any atom is -0.491 e. The van der Waals surface area contributed by atoms with E-state index >= 15 is 0 Å². The fraction of sp³-hybridized carbons (Fsp3) is 0.100. The third-order valence-corrected chi connectivity index (χ3v) is 3.66. The Morgan fingerprint density at radius 1 is 0.714 bits per heavy atom. The Morgan fingerprint density at radius 2 is 1.14 bits per heavy atom. The third kappa shape index (κ3) is 3.48. The van der Waals surface area contributed by atoms with E-state index in [1.807, 2.05) is 12.1 Å². The summed E-state index contributed by atoms with van der Waals surface area (Å²) in [5.74, 6) is 1.00. The van der Waals surface area contributed by atoms with Gasteiger partial charge in [-0.05, 0) is 24.3 Å². The Labute approximate surface area is 161 Å². The number of hydrogen-bond donors (Lipinski definition) is 0. The number of methoxy groups -OCH3 is 2. The molecule has 0 spiro atoms. The van der Waals surface area contributed by atoms with Gasteiger partial charge in [-0.1, -0.05) is 0 Å². The molecule has 0 amide bonds. The summed E-state index contributed by atoms with van der Waals surface area (Å²) in [6, 6.07) is 10.7. The molecule has 0 aliphatic carbocycles. The van der Waals surface area contributed by atoms with Gasteiger partial charge >= 0.3 is 0 Å². The Bertz CT molecular complexity index is 971. The Balaban J connectivity index is 2.29. The molecule has 2 heterocycles. The molecule has 3 aromatic rings. The molecule has 0 radical (unpaired) electrons. The monoisotopic (exact) mass is 374 g/mol. The van der Waals surface area contributed by atoms with Gasteiger partial charge in [-0.3, -0.25) is 9.97 Å². The molecule has 28 heavy (non-hydrogen) atoms. The molecule has 0 saturated carbocycles.